The summed E-state index contributed by atoms with van der Waals surface area (Å²) in [5, 5.41) is 2.88. The number of anilines is 1. The van der Waals surface area contributed by atoms with Gasteiger partial charge in [0.2, 0.25) is 0 Å². The molecule has 2 rings (SSSR count). The first-order valence-corrected chi connectivity index (χ1v) is 6.36. The highest BCUT2D eigenvalue weighted by atomic mass is 16.5. The van der Waals surface area contributed by atoms with E-state index >= 15 is 0 Å². The van der Waals surface area contributed by atoms with Crippen molar-refractivity contribution in [2.45, 2.75) is 32.8 Å². The first kappa shape index (κ1) is 12.9. The fourth-order valence-electron chi connectivity index (χ4n) is 2.01. The molecule has 1 aliphatic rings. The summed E-state index contributed by atoms with van der Waals surface area (Å²) in [5.74, 6) is 0.626. The van der Waals surface area contributed by atoms with E-state index in [-0.39, 0.29) is 12.0 Å². The van der Waals surface area contributed by atoms with Gasteiger partial charge in [0.05, 0.1) is 12.3 Å². The lowest BCUT2D eigenvalue weighted by Crippen LogP contribution is -2.27. The van der Waals surface area contributed by atoms with E-state index in [2.05, 4.69) is 5.32 Å². The van der Waals surface area contributed by atoms with Gasteiger partial charge < -0.3 is 14.8 Å². The van der Waals surface area contributed by atoms with E-state index in [1.165, 1.54) is 0 Å². The van der Waals surface area contributed by atoms with Crippen molar-refractivity contribution in [2.24, 2.45) is 0 Å². The third-order valence-electron chi connectivity index (χ3n) is 2.92. The van der Waals surface area contributed by atoms with E-state index in [4.69, 9.17) is 9.47 Å². The van der Waals surface area contributed by atoms with Crippen LogP contribution in [-0.2, 0) is 9.53 Å². The van der Waals surface area contributed by atoms with Crippen LogP contribution in [0.4, 0.5) is 5.69 Å². The van der Waals surface area contributed by atoms with Crippen LogP contribution in [0.1, 0.15) is 25.3 Å². The summed E-state index contributed by atoms with van der Waals surface area (Å²) < 4.78 is 10.9. The summed E-state index contributed by atoms with van der Waals surface area (Å²) in [6.45, 7) is 5.17. The quantitative estimate of drug-likeness (QED) is 0.892. The first-order chi connectivity index (χ1) is 8.70. The molecule has 0 radical (unpaired) electrons. The summed E-state index contributed by atoms with van der Waals surface area (Å²) in [6.07, 6.45) is 1.42. The second-order valence-electron chi connectivity index (χ2n) is 4.42. The molecule has 0 aliphatic carbocycles. The van der Waals surface area contributed by atoms with E-state index in [0.29, 0.717) is 24.7 Å². The van der Waals surface area contributed by atoms with Crippen LogP contribution in [0.3, 0.4) is 0 Å². The average Bonchev–Trinajstić information content (AvgIpc) is 2.86. The van der Waals surface area contributed by atoms with Crippen LogP contribution in [0, 0.1) is 6.92 Å². The molecule has 1 saturated heterocycles. The molecule has 4 heteroatoms. The van der Waals surface area contributed by atoms with Gasteiger partial charge >= 0.3 is 0 Å². The molecule has 0 aromatic heterocycles. The molecule has 1 unspecified atom stereocenters. The molecular weight excluding hydrogens is 230 g/mol. The Hall–Kier alpha value is -1.55. The predicted molar refractivity (Wildman–Crippen MR) is 70.0 cm³/mol. The minimum atomic E-state index is -0.319. The number of hydrogen-bond acceptors (Lipinski definition) is 3. The third-order valence-corrected chi connectivity index (χ3v) is 2.92. The number of amides is 1. The highest BCUT2D eigenvalue weighted by molar-refractivity contribution is 5.95. The molecule has 0 saturated carbocycles. The van der Waals surface area contributed by atoms with Crippen LogP contribution in [0.2, 0.25) is 0 Å². The minimum absolute atomic E-state index is 0.0858. The zero-order valence-corrected chi connectivity index (χ0v) is 10.9. The SMILES string of the molecule is CCOc1cc(C)ccc1NC(=O)C1CCCO1. The monoisotopic (exact) mass is 249 g/mol. The Morgan fingerprint density at radius 3 is 3.06 bits per heavy atom. The maximum atomic E-state index is 12.0. The van der Waals surface area contributed by atoms with Crippen molar-refractivity contribution >= 4 is 11.6 Å². The molecule has 4 nitrogen and oxygen atoms in total. The van der Waals surface area contributed by atoms with Gasteiger partial charge in [-0.15, -0.1) is 0 Å². The predicted octanol–water partition coefficient (Wildman–Crippen LogP) is 2.51. The Labute approximate surface area is 107 Å². The van der Waals surface area contributed by atoms with Gasteiger partial charge in [-0.1, -0.05) is 6.07 Å². The molecule has 1 aromatic carbocycles. The maximum absolute atomic E-state index is 12.0. The Bertz CT molecular complexity index is 425. The molecular formula is C14H19NO3. The second kappa shape index (κ2) is 5.87. The number of carbonyl (C=O) groups is 1. The number of hydrogen-bond donors (Lipinski definition) is 1. The molecule has 1 fully saturated rings. The van der Waals surface area contributed by atoms with Crippen molar-refractivity contribution in [3.05, 3.63) is 23.8 Å². The summed E-state index contributed by atoms with van der Waals surface area (Å²) in [5.41, 5.74) is 1.82. The Morgan fingerprint density at radius 1 is 1.56 bits per heavy atom. The van der Waals surface area contributed by atoms with Gasteiger partial charge in [0, 0.05) is 6.61 Å². The molecule has 0 bridgehead atoms. The number of benzene rings is 1. The highest BCUT2D eigenvalue weighted by Gasteiger charge is 2.24. The standard InChI is InChI=1S/C14H19NO3/c1-3-17-13-9-10(2)6-7-11(13)15-14(16)12-5-4-8-18-12/h6-7,9,12H,3-5,8H2,1-2H3,(H,15,16). The fraction of sp³-hybridized carbons (Fsp3) is 0.500. The topological polar surface area (TPSA) is 47.6 Å². The van der Waals surface area contributed by atoms with Gasteiger partial charge in [-0.25, -0.2) is 0 Å². The minimum Gasteiger partial charge on any atom is -0.492 e. The Balaban J connectivity index is 2.09. The van der Waals surface area contributed by atoms with Crippen LogP contribution in [0.5, 0.6) is 5.75 Å². The van der Waals surface area contributed by atoms with Crippen molar-refractivity contribution in [3.8, 4) is 5.75 Å². The smallest absolute Gasteiger partial charge is 0.253 e. The van der Waals surface area contributed by atoms with Gasteiger partial charge in [-0.05, 0) is 44.4 Å². The van der Waals surface area contributed by atoms with Crippen LogP contribution in [-0.4, -0.2) is 25.2 Å². The van der Waals surface area contributed by atoms with E-state index in [1.807, 2.05) is 32.0 Å². The molecule has 0 spiro atoms. The first-order valence-electron chi connectivity index (χ1n) is 6.36. The molecule has 1 N–H and O–H groups in total. The Morgan fingerprint density at radius 2 is 2.39 bits per heavy atom. The van der Waals surface area contributed by atoms with Gasteiger partial charge in [-0.3, -0.25) is 4.79 Å². The number of carbonyl (C=O) groups excluding carboxylic acids is 1. The zero-order chi connectivity index (χ0) is 13.0. The lowest BCUT2D eigenvalue weighted by molar-refractivity contribution is -0.124. The van der Waals surface area contributed by atoms with Crippen molar-refractivity contribution in [1.29, 1.82) is 0 Å². The maximum Gasteiger partial charge on any atom is 0.253 e. The molecule has 1 amide bonds. The second-order valence-corrected chi connectivity index (χ2v) is 4.42. The third kappa shape index (κ3) is 3.01. The number of rotatable bonds is 4. The van der Waals surface area contributed by atoms with E-state index in [9.17, 15) is 4.79 Å². The molecule has 1 aromatic rings. The average molecular weight is 249 g/mol. The summed E-state index contributed by atoms with van der Waals surface area (Å²) in [7, 11) is 0. The van der Waals surface area contributed by atoms with Crippen molar-refractivity contribution in [1.82, 2.24) is 0 Å². The summed E-state index contributed by atoms with van der Waals surface area (Å²) in [4.78, 5) is 12.0. The van der Waals surface area contributed by atoms with Crippen molar-refractivity contribution < 1.29 is 14.3 Å². The van der Waals surface area contributed by atoms with Gasteiger partial charge in [0.15, 0.2) is 0 Å². The number of aryl methyl sites for hydroxylation is 1. The summed E-state index contributed by atoms with van der Waals surface area (Å²) >= 11 is 0. The Kier molecular flexibility index (Phi) is 4.20. The fourth-order valence-corrected chi connectivity index (χ4v) is 2.01. The van der Waals surface area contributed by atoms with E-state index in [1.54, 1.807) is 0 Å². The van der Waals surface area contributed by atoms with Gasteiger partial charge in [-0.2, -0.15) is 0 Å². The molecule has 1 aliphatic heterocycles. The van der Waals surface area contributed by atoms with Crippen LogP contribution >= 0.6 is 0 Å². The number of nitrogens with one attached hydrogen (secondary N) is 1. The molecule has 1 atom stereocenters. The molecule has 1 heterocycles. The van der Waals surface area contributed by atoms with Crippen LogP contribution in [0.25, 0.3) is 0 Å². The molecule has 98 valence electrons. The van der Waals surface area contributed by atoms with Crippen molar-refractivity contribution in [3.63, 3.8) is 0 Å². The normalized spacial score (nSPS) is 18.7. The van der Waals surface area contributed by atoms with E-state index in [0.717, 1.165) is 18.4 Å². The number of ether oxygens (including phenoxy) is 2. The highest BCUT2D eigenvalue weighted by Crippen LogP contribution is 2.26. The lowest BCUT2D eigenvalue weighted by atomic mass is 10.2. The zero-order valence-electron chi connectivity index (χ0n) is 10.9. The van der Waals surface area contributed by atoms with Gasteiger partial charge in [0.25, 0.3) is 5.91 Å². The molecule has 18 heavy (non-hydrogen) atoms. The summed E-state index contributed by atoms with van der Waals surface area (Å²) in [6, 6.07) is 5.75. The van der Waals surface area contributed by atoms with Crippen molar-refractivity contribution in [2.75, 3.05) is 18.5 Å². The largest absolute Gasteiger partial charge is 0.492 e. The lowest BCUT2D eigenvalue weighted by Gasteiger charge is -2.14. The van der Waals surface area contributed by atoms with Crippen LogP contribution < -0.4 is 10.1 Å². The van der Waals surface area contributed by atoms with E-state index < -0.39 is 0 Å². The van der Waals surface area contributed by atoms with Crippen LogP contribution in [0.15, 0.2) is 18.2 Å². The van der Waals surface area contributed by atoms with Gasteiger partial charge in [0.1, 0.15) is 11.9 Å².